The van der Waals surface area contributed by atoms with E-state index in [1.807, 2.05) is 24.3 Å². The molecule has 6 nitrogen and oxygen atoms in total. The highest BCUT2D eigenvalue weighted by Gasteiger charge is 2.14. The second-order valence-electron chi connectivity index (χ2n) is 6.55. The topological polar surface area (TPSA) is 84.2 Å². The quantitative estimate of drug-likeness (QED) is 0.693. The molecule has 2 N–H and O–H groups in total. The van der Waals surface area contributed by atoms with Crippen LogP contribution < -0.4 is 10.6 Å². The molecule has 138 valence electrons. The van der Waals surface area contributed by atoms with E-state index in [4.69, 9.17) is 4.52 Å². The molecule has 0 aliphatic rings. The van der Waals surface area contributed by atoms with Gasteiger partial charge in [0.1, 0.15) is 5.76 Å². The van der Waals surface area contributed by atoms with Crippen molar-refractivity contribution in [2.24, 2.45) is 0 Å². The molecule has 6 heteroatoms. The van der Waals surface area contributed by atoms with Crippen LogP contribution in [0.5, 0.6) is 0 Å². The third-order valence-electron chi connectivity index (χ3n) is 4.09. The zero-order chi connectivity index (χ0) is 19.4. The third-order valence-corrected chi connectivity index (χ3v) is 4.09. The molecule has 0 fully saturated rings. The van der Waals surface area contributed by atoms with Gasteiger partial charge in [-0.15, -0.1) is 0 Å². The number of anilines is 2. The Morgan fingerprint density at radius 1 is 0.926 bits per heavy atom. The highest BCUT2D eigenvalue weighted by atomic mass is 16.5. The Hall–Kier alpha value is -3.41. The number of carbonyl (C=O) groups is 2. The first-order valence-corrected chi connectivity index (χ1v) is 8.69. The number of amides is 2. The maximum Gasteiger partial charge on any atom is 0.256 e. The number of nitrogens with one attached hydrogen (secondary N) is 2. The van der Waals surface area contributed by atoms with Gasteiger partial charge < -0.3 is 15.2 Å². The van der Waals surface area contributed by atoms with Gasteiger partial charge in [0.2, 0.25) is 0 Å². The molecule has 0 aliphatic heterocycles. The molecule has 3 rings (SSSR count). The fraction of sp³-hybridized carbons (Fsp3) is 0.190. The molecule has 2 aromatic carbocycles. The van der Waals surface area contributed by atoms with Crippen molar-refractivity contribution in [1.29, 1.82) is 0 Å². The summed E-state index contributed by atoms with van der Waals surface area (Å²) in [5.74, 6) is 0.584. The van der Waals surface area contributed by atoms with Crippen LogP contribution in [0.3, 0.4) is 0 Å². The molecule has 0 bridgehead atoms. The molecule has 0 saturated heterocycles. The van der Waals surface area contributed by atoms with Crippen LogP contribution in [-0.2, 0) is 0 Å². The molecule has 3 aromatic rings. The number of benzene rings is 2. The van der Waals surface area contributed by atoms with Crippen LogP contribution in [0.4, 0.5) is 11.5 Å². The van der Waals surface area contributed by atoms with Crippen molar-refractivity contribution in [3.05, 3.63) is 77.0 Å². The predicted octanol–water partition coefficient (Wildman–Crippen LogP) is 4.61. The normalized spacial score (nSPS) is 10.7. The number of hydrogen-bond acceptors (Lipinski definition) is 4. The third kappa shape index (κ3) is 4.41. The van der Waals surface area contributed by atoms with Crippen molar-refractivity contribution in [3.63, 3.8) is 0 Å². The van der Waals surface area contributed by atoms with Gasteiger partial charge in [0.15, 0.2) is 5.82 Å². The predicted molar refractivity (Wildman–Crippen MR) is 104 cm³/mol. The first-order valence-electron chi connectivity index (χ1n) is 8.69. The summed E-state index contributed by atoms with van der Waals surface area (Å²) in [6.45, 7) is 5.88. The van der Waals surface area contributed by atoms with Gasteiger partial charge in [0.05, 0.1) is 0 Å². The summed E-state index contributed by atoms with van der Waals surface area (Å²) in [6.07, 6.45) is 0. The molecular formula is C21H21N3O3. The SMILES string of the molecule is Cc1cc(NC(=O)c2cccc(C(=O)Nc3ccccc3C(C)C)c2)no1. The van der Waals surface area contributed by atoms with Crippen molar-refractivity contribution in [2.75, 3.05) is 10.6 Å². The van der Waals surface area contributed by atoms with Gasteiger partial charge in [0.25, 0.3) is 11.8 Å². The lowest BCUT2D eigenvalue weighted by Gasteiger charge is -2.14. The van der Waals surface area contributed by atoms with Crippen LogP contribution in [0.1, 0.15) is 51.8 Å². The molecule has 2 amide bonds. The largest absolute Gasteiger partial charge is 0.360 e. The number of carbonyl (C=O) groups excluding carboxylic acids is 2. The fourth-order valence-electron chi connectivity index (χ4n) is 2.72. The molecule has 27 heavy (non-hydrogen) atoms. The number of aryl methyl sites for hydroxylation is 1. The van der Waals surface area contributed by atoms with E-state index < -0.39 is 0 Å². The van der Waals surface area contributed by atoms with Crippen molar-refractivity contribution < 1.29 is 14.1 Å². The summed E-state index contributed by atoms with van der Waals surface area (Å²) < 4.78 is 4.93. The number of rotatable bonds is 5. The van der Waals surface area contributed by atoms with Crippen molar-refractivity contribution >= 4 is 23.3 Å². The van der Waals surface area contributed by atoms with Gasteiger partial charge in [0, 0.05) is 22.9 Å². The average Bonchev–Trinajstić information content (AvgIpc) is 3.06. The summed E-state index contributed by atoms with van der Waals surface area (Å²) >= 11 is 0. The Balaban J connectivity index is 1.77. The van der Waals surface area contributed by atoms with Crippen LogP contribution in [-0.4, -0.2) is 17.0 Å². The van der Waals surface area contributed by atoms with E-state index in [9.17, 15) is 9.59 Å². The summed E-state index contributed by atoms with van der Waals surface area (Å²) in [6, 6.07) is 15.8. The van der Waals surface area contributed by atoms with Crippen LogP contribution in [0.2, 0.25) is 0 Å². The highest BCUT2D eigenvalue weighted by molar-refractivity contribution is 6.08. The van der Waals surface area contributed by atoms with E-state index in [1.165, 1.54) is 0 Å². The Kier molecular flexibility index (Phi) is 5.35. The first kappa shape index (κ1) is 18.4. The minimum absolute atomic E-state index is 0.268. The van der Waals surface area contributed by atoms with E-state index >= 15 is 0 Å². The molecule has 0 spiro atoms. The number of aromatic nitrogens is 1. The van der Waals surface area contributed by atoms with Crippen molar-refractivity contribution in [3.8, 4) is 0 Å². The lowest BCUT2D eigenvalue weighted by Crippen LogP contribution is -2.16. The van der Waals surface area contributed by atoms with E-state index in [-0.39, 0.29) is 17.7 Å². The standard InChI is InChI=1S/C21H21N3O3/c1-13(2)17-9-4-5-10-18(17)22-20(25)15-7-6-8-16(12-15)21(26)23-19-11-14(3)27-24-19/h4-13H,1-3H3,(H,22,25)(H,23,24,26). The Morgan fingerprint density at radius 2 is 1.59 bits per heavy atom. The number of para-hydroxylation sites is 1. The van der Waals surface area contributed by atoms with Crippen LogP contribution in [0.15, 0.2) is 59.1 Å². The molecule has 0 atom stereocenters. The Morgan fingerprint density at radius 3 is 2.22 bits per heavy atom. The molecular weight excluding hydrogens is 342 g/mol. The van der Waals surface area contributed by atoms with Crippen LogP contribution >= 0.6 is 0 Å². The number of nitrogens with zero attached hydrogens (tertiary/aromatic N) is 1. The van der Waals surface area contributed by atoms with Gasteiger partial charge in [-0.1, -0.05) is 43.3 Å². The van der Waals surface area contributed by atoms with Crippen molar-refractivity contribution in [2.45, 2.75) is 26.7 Å². The zero-order valence-corrected chi connectivity index (χ0v) is 15.4. The van der Waals surface area contributed by atoms with Crippen LogP contribution in [0.25, 0.3) is 0 Å². The van der Waals surface area contributed by atoms with E-state index in [1.54, 1.807) is 37.3 Å². The molecule has 1 heterocycles. The van der Waals surface area contributed by atoms with E-state index in [2.05, 4.69) is 29.6 Å². The van der Waals surface area contributed by atoms with E-state index in [0.29, 0.717) is 22.7 Å². The summed E-state index contributed by atoms with van der Waals surface area (Å²) in [5.41, 5.74) is 2.59. The Bertz CT molecular complexity index is 976. The van der Waals surface area contributed by atoms with Gasteiger partial charge in [-0.25, -0.2) is 0 Å². The van der Waals surface area contributed by atoms with Crippen LogP contribution in [0, 0.1) is 6.92 Å². The van der Waals surface area contributed by atoms with Gasteiger partial charge in [-0.05, 0) is 42.7 Å². The monoisotopic (exact) mass is 363 g/mol. The second kappa shape index (κ2) is 7.86. The molecule has 0 aliphatic carbocycles. The van der Waals surface area contributed by atoms with Crippen molar-refractivity contribution in [1.82, 2.24) is 5.16 Å². The second-order valence-corrected chi connectivity index (χ2v) is 6.55. The maximum absolute atomic E-state index is 12.7. The van der Waals surface area contributed by atoms with Gasteiger partial charge in [-0.3, -0.25) is 9.59 Å². The molecule has 0 saturated carbocycles. The molecule has 1 aromatic heterocycles. The fourth-order valence-corrected chi connectivity index (χ4v) is 2.72. The zero-order valence-electron chi connectivity index (χ0n) is 15.4. The van der Waals surface area contributed by atoms with E-state index in [0.717, 1.165) is 11.3 Å². The lowest BCUT2D eigenvalue weighted by atomic mass is 10.0. The summed E-state index contributed by atoms with van der Waals surface area (Å²) in [4.78, 5) is 25.0. The van der Waals surface area contributed by atoms with Gasteiger partial charge in [-0.2, -0.15) is 0 Å². The number of hydrogen-bond donors (Lipinski definition) is 2. The average molecular weight is 363 g/mol. The summed E-state index contributed by atoms with van der Waals surface area (Å²) in [7, 11) is 0. The smallest absolute Gasteiger partial charge is 0.256 e. The highest BCUT2D eigenvalue weighted by Crippen LogP contribution is 2.24. The van der Waals surface area contributed by atoms with Gasteiger partial charge >= 0.3 is 0 Å². The molecule has 0 unspecified atom stereocenters. The molecule has 0 radical (unpaired) electrons. The first-order chi connectivity index (χ1) is 12.9. The lowest BCUT2D eigenvalue weighted by molar-refractivity contribution is 0.102. The minimum atomic E-state index is -0.361. The summed E-state index contributed by atoms with van der Waals surface area (Å²) in [5, 5.41) is 9.31. The Labute approximate surface area is 157 Å². The minimum Gasteiger partial charge on any atom is -0.360 e. The maximum atomic E-state index is 12.7.